The van der Waals surface area contributed by atoms with Crippen molar-refractivity contribution >= 4 is 22.9 Å². The van der Waals surface area contributed by atoms with Crippen LogP contribution in [0.25, 0.3) is 10.8 Å². The molecule has 0 aliphatic rings. The van der Waals surface area contributed by atoms with Gasteiger partial charge in [0, 0.05) is 11.1 Å². The number of nitrogens with zero attached hydrogens (tertiary/aromatic N) is 1. The average molecular weight is 334 g/mol. The summed E-state index contributed by atoms with van der Waals surface area (Å²) in [5, 5.41) is 6.12. The van der Waals surface area contributed by atoms with Gasteiger partial charge in [-0.3, -0.25) is 4.79 Å². The lowest BCUT2D eigenvalue weighted by Crippen LogP contribution is -2.17. The second-order valence-corrected chi connectivity index (χ2v) is 5.37. The highest BCUT2D eigenvalue weighted by Crippen LogP contribution is 2.22. The van der Waals surface area contributed by atoms with Gasteiger partial charge >= 0.3 is 0 Å². The number of rotatable bonds is 5. The molecule has 25 heavy (non-hydrogen) atoms. The Kier molecular flexibility index (Phi) is 4.95. The molecule has 1 N–H and O–H groups in total. The van der Waals surface area contributed by atoms with Crippen LogP contribution in [0.15, 0.2) is 65.8 Å². The van der Waals surface area contributed by atoms with Crippen LogP contribution in [0.2, 0.25) is 0 Å². The molecule has 0 heterocycles. The topological polar surface area (TPSA) is 59.9 Å². The second-order valence-electron chi connectivity index (χ2n) is 5.37. The van der Waals surface area contributed by atoms with E-state index >= 15 is 0 Å². The molecule has 0 bridgehead atoms. The molecule has 0 aromatic heterocycles. The van der Waals surface area contributed by atoms with E-state index in [0.29, 0.717) is 22.6 Å². The van der Waals surface area contributed by atoms with Crippen LogP contribution in [0.1, 0.15) is 15.9 Å². The number of hydrogen-bond donors (Lipinski definition) is 1. The molecule has 0 spiro atoms. The third-order valence-electron chi connectivity index (χ3n) is 3.82. The molecular formula is C20H18N2O3. The minimum Gasteiger partial charge on any atom is -0.497 e. The quantitative estimate of drug-likeness (QED) is 0.573. The molecule has 0 saturated carbocycles. The van der Waals surface area contributed by atoms with Crippen molar-refractivity contribution in [3.8, 4) is 11.5 Å². The van der Waals surface area contributed by atoms with Gasteiger partial charge in [-0.25, -0.2) is 5.43 Å². The molecule has 0 fully saturated rings. The monoisotopic (exact) mass is 334 g/mol. The number of methoxy groups -OCH3 is 2. The molecule has 0 aliphatic carbocycles. The van der Waals surface area contributed by atoms with Crippen molar-refractivity contribution in [2.45, 2.75) is 0 Å². The van der Waals surface area contributed by atoms with E-state index in [2.05, 4.69) is 10.5 Å². The van der Waals surface area contributed by atoms with Gasteiger partial charge in [-0.15, -0.1) is 0 Å². The van der Waals surface area contributed by atoms with Crippen LogP contribution in [0, 0.1) is 0 Å². The fourth-order valence-electron chi connectivity index (χ4n) is 2.50. The Balaban J connectivity index is 1.76. The molecule has 0 unspecified atom stereocenters. The third kappa shape index (κ3) is 3.77. The zero-order valence-corrected chi connectivity index (χ0v) is 14.0. The van der Waals surface area contributed by atoms with E-state index in [1.54, 1.807) is 38.5 Å². The molecule has 5 nitrogen and oxygen atoms in total. The Labute approximate surface area is 145 Å². The summed E-state index contributed by atoms with van der Waals surface area (Å²) in [5.74, 6) is 1.05. The molecule has 5 heteroatoms. The second kappa shape index (κ2) is 7.49. The molecule has 3 aromatic carbocycles. The van der Waals surface area contributed by atoms with Gasteiger partial charge in [-0.1, -0.05) is 30.3 Å². The van der Waals surface area contributed by atoms with E-state index in [0.717, 1.165) is 10.8 Å². The van der Waals surface area contributed by atoms with Crippen molar-refractivity contribution in [1.82, 2.24) is 5.43 Å². The Morgan fingerprint density at radius 2 is 1.76 bits per heavy atom. The van der Waals surface area contributed by atoms with E-state index in [1.165, 1.54) is 6.21 Å². The highest BCUT2D eigenvalue weighted by Gasteiger charge is 2.06. The molecular weight excluding hydrogens is 316 g/mol. The highest BCUT2D eigenvalue weighted by atomic mass is 16.5. The Morgan fingerprint density at radius 1 is 0.960 bits per heavy atom. The largest absolute Gasteiger partial charge is 0.497 e. The summed E-state index contributed by atoms with van der Waals surface area (Å²) < 4.78 is 10.5. The summed E-state index contributed by atoms with van der Waals surface area (Å²) in [6, 6.07) is 18.8. The van der Waals surface area contributed by atoms with E-state index in [4.69, 9.17) is 9.47 Å². The minimum atomic E-state index is -0.274. The standard InChI is InChI=1S/C20H18N2O3/c1-24-18-9-10-19(25-2)17(12-18)13-21-22-20(23)16-8-7-14-5-3-4-6-15(14)11-16/h3-13H,1-2H3,(H,22,23)/b21-13-. The Morgan fingerprint density at radius 3 is 2.52 bits per heavy atom. The molecule has 0 atom stereocenters. The maximum Gasteiger partial charge on any atom is 0.271 e. The van der Waals surface area contributed by atoms with Gasteiger partial charge in [0.15, 0.2) is 0 Å². The summed E-state index contributed by atoms with van der Waals surface area (Å²) >= 11 is 0. The fourth-order valence-corrected chi connectivity index (χ4v) is 2.50. The van der Waals surface area contributed by atoms with Crippen molar-refractivity contribution in [2.24, 2.45) is 5.10 Å². The maximum absolute atomic E-state index is 12.3. The molecule has 0 saturated heterocycles. The first-order chi connectivity index (χ1) is 12.2. The Hall–Kier alpha value is -3.34. The third-order valence-corrected chi connectivity index (χ3v) is 3.82. The zero-order valence-electron chi connectivity index (χ0n) is 14.0. The first-order valence-electron chi connectivity index (χ1n) is 7.75. The van der Waals surface area contributed by atoms with Gasteiger partial charge in [0.25, 0.3) is 5.91 Å². The predicted octanol–water partition coefficient (Wildman–Crippen LogP) is 3.62. The number of nitrogens with one attached hydrogen (secondary N) is 1. The summed E-state index contributed by atoms with van der Waals surface area (Å²) in [6.45, 7) is 0. The summed E-state index contributed by atoms with van der Waals surface area (Å²) in [6.07, 6.45) is 1.53. The minimum absolute atomic E-state index is 0.274. The molecule has 0 radical (unpaired) electrons. The van der Waals surface area contributed by atoms with Gasteiger partial charge in [-0.05, 0) is 41.1 Å². The number of fused-ring (bicyclic) bond motifs is 1. The van der Waals surface area contributed by atoms with Gasteiger partial charge in [-0.2, -0.15) is 5.10 Å². The highest BCUT2D eigenvalue weighted by molar-refractivity contribution is 5.99. The number of hydrazone groups is 1. The van der Waals surface area contributed by atoms with Crippen molar-refractivity contribution in [3.05, 3.63) is 71.8 Å². The van der Waals surface area contributed by atoms with E-state index in [9.17, 15) is 4.79 Å². The smallest absolute Gasteiger partial charge is 0.271 e. The lowest BCUT2D eigenvalue weighted by molar-refractivity contribution is 0.0955. The van der Waals surface area contributed by atoms with Gasteiger partial charge < -0.3 is 9.47 Å². The van der Waals surface area contributed by atoms with Crippen LogP contribution in [-0.2, 0) is 0 Å². The number of ether oxygens (including phenoxy) is 2. The summed E-state index contributed by atoms with van der Waals surface area (Å²) in [4.78, 5) is 12.3. The van der Waals surface area contributed by atoms with E-state index in [-0.39, 0.29) is 5.91 Å². The van der Waals surface area contributed by atoms with Crippen molar-refractivity contribution in [2.75, 3.05) is 14.2 Å². The molecule has 3 rings (SSSR count). The number of amides is 1. The molecule has 3 aromatic rings. The Bertz CT molecular complexity index is 935. The van der Waals surface area contributed by atoms with Crippen LogP contribution in [-0.4, -0.2) is 26.3 Å². The lowest BCUT2D eigenvalue weighted by Gasteiger charge is -2.07. The number of benzene rings is 3. The molecule has 126 valence electrons. The van der Waals surface area contributed by atoms with Crippen LogP contribution in [0.3, 0.4) is 0 Å². The fraction of sp³-hybridized carbons (Fsp3) is 0.100. The first kappa shape index (κ1) is 16.5. The predicted molar refractivity (Wildman–Crippen MR) is 98.6 cm³/mol. The average Bonchev–Trinajstić information content (AvgIpc) is 2.67. The van der Waals surface area contributed by atoms with Gasteiger partial charge in [0.05, 0.1) is 20.4 Å². The molecule has 0 aliphatic heterocycles. The lowest BCUT2D eigenvalue weighted by atomic mass is 10.1. The van der Waals surface area contributed by atoms with Crippen molar-refractivity contribution < 1.29 is 14.3 Å². The van der Waals surface area contributed by atoms with Crippen molar-refractivity contribution in [3.63, 3.8) is 0 Å². The maximum atomic E-state index is 12.3. The van der Waals surface area contributed by atoms with Crippen LogP contribution >= 0.6 is 0 Å². The number of carbonyl (C=O) groups excluding carboxylic acids is 1. The normalized spacial score (nSPS) is 10.8. The number of hydrogen-bond acceptors (Lipinski definition) is 4. The van der Waals surface area contributed by atoms with E-state index < -0.39 is 0 Å². The van der Waals surface area contributed by atoms with Crippen LogP contribution in [0.5, 0.6) is 11.5 Å². The van der Waals surface area contributed by atoms with Crippen LogP contribution in [0.4, 0.5) is 0 Å². The summed E-state index contributed by atoms with van der Waals surface area (Å²) in [7, 11) is 3.16. The molecule has 1 amide bonds. The SMILES string of the molecule is COc1ccc(OC)c(/C=N\NC(=O)c2ccc3ccccc3c2)c1. The summed E-state index contributed by atoms with van der Waals surface area (Å²) in [5.41, 5.74) is 3.79. The number of carbonyl (C=O) groups is 1. The zero-order chi connectivity index (χ0) is 17.6. The van der Waals surface area contributed by atoms with Crippen molar-refractivity contribution in [1.29, 1.82) is 0 Å². The van der Waals surface area contributed by atoms with Crippen LogP contribution < -0.4 is 14.9 Å². The van der Waals surface area contributed by atoms with Gasteiger partial charge in [0.2, 0.25) is 0 Å². The first-order valence-corrected chi connectivity index (χ1v) is 7.75. The van der Waals surface area contributed by atoms with Gasteiger partial charge in [0.1, 0.15) is 11.5 Å². The van der Waals surface area contributed by atoms with E-state index in [1.807, 2.05) is 36.4 Å².